The van der Waals surface area contributed by atoms with Gasteiger partial charge in [0.1, 0.15) is 0 Å². The van der Waals surface area contributed by atoms with Gasteiger partial charge in [0.05, 0.1) is 19.0 Å². The molecule has 0 aromatic carbocycles. The number of carboxylic acids is 1. The maximum Gasteiger partial charge on any atom is 0.401 e. The van der Waals surface area contributed by atoms with Gasteiger partial charge in [-0.15, -0.1) is 0 Å². The number of carbonyl (C=O) groups is 2. The van der Waals surface area contributed by atoms with Crippen molar-refractivity contribution in [2.45, 2.75) is 32.4 Å². The van der Waals surface area contributed by atoms with E-state index in [-0.39, 0.29) is 19.0 Å². The first-order valence-electron chi connectivity index (χ1n) is 7.02. The summed E-state index contributed by atoms with van der Waals surface area (Å²) in [6.45, 7) is 1.18. The van der Waals surface area contributed by atoms with Crippen molar-refractivity contribution >= 4 is 11.9 Å². The summed E-state index contributed by atoms with van der Waals surface area (Å²) in [4.78, 5) is 25.4. The quantitative estimate of drug-likeness (QED) is 0.809. The van der Waals surface area contributed by atoms with Crippen molar-refractivity contribution in [2.75, 3.05) is 32.7 Å². The number of halogens is 3. The molecule has 0 saturated carbocycles. The third kappa shape index (κ3) is 6.33. The normalized spacial score (nSPS) is 17.3. The predicted octanol–water partition coefficient (Wildman–Crippen LogP) is 1.58. The summed E-state index contributed by atoms with van der Waals surface area (Å²) in [6, 6.07) is 0. The molecule has 1 amide bonds. The van der Waals surface area contributed by atoms with Gasteiger partial charge in [-0.1, -0.05) is 6.92 Å². The number of piperidine rings is 1. The number of carbonyl (C=O) groups excluding carboxylic acids is 1. The summed E-state index contributed by atoms with van der Waals surface area (Å²) in [5.74, 6) is -1.71. The summed E-state index contributed by atoms with van der Waals surface area (Å²) in [6.07, 6.45) is -3.08. The molecule has 0 spiro atoms. The number of carboxylic acid groups (broad SMARTS) is 1. The number of nitrogens with zero attached hydrogens (tertiary/aromatic N) is 2. The molecule has 0 aromatic rings. The van der Waals surface area contributed by atoms with Crippen molar-refractivity contribution in [3.63, 3.8) is 0 Å². The zero-order valence-corrected chi connectivity index (χ0v) is 12.0. The Morgan fingerprint density at radius 2 is 1.86 bits per heavy atom. The van der Waals surface area contributed by atoms with Crippen LogP contribution >= 0.6 is 0 Å². The smallest absolute Gasteiger partial charge is 0.401 e. The summed E-state index contributed by atoms with van der Waals surface area (Å²) in [5, 5.41) is 8.87. The van der Waals surface area contributed by atoms with Crippen molar-refractivity contribution in [3.8, 4) is 0 Å². The highest BCUT2D eigenvalue weighted by atomic mass is 19.4. The zero-order valence-electron chi connectivity index (χ0n) is 12.0. The second kappa shape index (κ2) is 7.63. The van der Waals surface area contributed by atoms with E-state index < -0.39 is 24.6 Å². The van der Waals surface area contributed by atoms with E-state index in [0.29, 0.717) is 32.4 Å². The van der Waals surface area contributed by atoms with E-state index in [1.54, 1.807) is 6.92 Å². The molecule has 0 radical (unpaired) electrons. The number of amides is 1. The van der Waals surface area contributed by atoms with E-state index in [2.05, 4.69) is 0 Å². The number of aliphatic carboxylic acids is 1. The fraction of sp³-hybridized carbons (Fsp3) is 0.846. The summed E-state index contributed by atoms with van der Waals surface area (Å²) in [5.41, 5.74) is 0. The number of hydrogen-bond acceptors (Lipinski definition) is 3. The second-order valence-corrected chi connectivity index (χ2v) is 5.32. The molecule has 0 aromatic heterocycles. The van der Waals surface area contributed by atoms with Crippen molar-refractivity contribution in [3.05, 3.63) is 0 Å². The first kappa shape index (κ1) is 17.7. The van der Waals surface area contributed by atoms with Crippen LogP contribution in [0.2, 0.25) is 0 Å². The van der Waals surface area contributed by atoms with Gasteiger partial charge < -0.3 is 10.0 Å². The lowest BCUT2D eigenvalue weighted by atomic mass is 9.97. The van der Waals surface area contributed by atoms with Gasteiger partial charge >= 0.3 is 12.1 Å². The zero-order chi connectivity index (χ0) is 16.0. The molecule has 1 aliphatic rings. The van der Waals surface area contributed by atoms with Crippen molar-refractivity contribution in [2.24, 2.45) is 5.92 Å². The Labute approximate surface area is 121 Å². The van der Waals surface area contributed by atoms with E-state index >= 15 is 0 Å². The topological polar surface area (TPSA) is 60.9 Å². The van der Waals surface area contributed by atoms with Gasteiger partial charge in [0, 0.05) is 13.1 Å². The van der Waals surface area contributed by atoms with Gasteiger partial charge in [0.25, 0.3) is 0 Å². The van der Waals surface area contributed by atoms with Gasteiger partial charge in [0.15, 0.2) is 0 Å². The van der Waals surface area contributed by atoms with E-state index in [9.17, 15) is 22.8 Å². The molecule has 1 saturated heterocycles. The predicted molar refractivity (Wildman–Crippen MR) is 69.7 cm³/mol. The van der Waals surface area contributed by atoms with Crippen LogP contribution in [0.3, 0.4) is 0 Å². The molecule has 1 heterocycles. The highest BCUT2D eigenvalue weighted by molar-refractivity contribution is 5.79. The van der Waals surface area contributed by atoms with Crippen LogP contribution in [0.15, 0.2) is 0 Å². The summed E-state index contributed by atoms with van der Waals surface area (Å²) in [7, 11) is 0. The lowest BCUT2D eigenvalue weighted by molar-refractivity contribution is -0.153. The number of rotatable bonds is 6. The Bertz CT molecular complexity index is 366. The average molecular weight is 310 g/mol. The number of likely N-dealkylation sites (tertiary alicyclic amines) is 1. The molecule has 0 bridgehead atoms. The minimum atomic E-state index is -4.33. The van der Waals surface area contributed by atoms with Crippen LogP contribution in [0.4, 0.5) is 13.2 Å². The van der Waals surface area contributed by atoms with Crippen LogP contribution in [-0.4, -0.2) is 65.7 Å². The van der Waals surface area contributed by atoms with Crippen LogP contribution in [-0.2, 0) is 9.59 Å². The molecule has 1 N–H and O–H groups in total. The largest absolute Gasteiger partial charge is 0.481 e. The molecule has 1 fully saturated rings. The van der Waals surface area contributed by atoms with Crippen LogP contribution in [0.5, 0.6) is 0 Å². The van der Waals surface area contributed by atoms with E-state index in [1.165, 1.54) is 4.90 Å². The molecule has 1 aliphatic heterocycles. The summed E-state index contributed by atoms with van der Waals surface area (Å²) < 4.78 is 37.3. The standard InChI is InChI=1S/C13H21F3N2O3/c1-2-5-17(9-13(14,15)16)8-11(19)18-6-3-10(4-7-18)12(20)21/h10H,2-9H2,1H3,(H,20,21). The van der Waals surface area contributed by atoms with Gasteiger partial charge in [-0.25, -0.2) is 0 Å². The van der Waals surface area contributed by atoms with Crippen molar-refractivity contribution in [1.82, 2.24) is 9.80 Å². The van der Waals surface area contributed by atoms with Gasteiger partial charge in [-0.2, -0.15) is 13.2 Å². The third-order valence-corrected chi connectivity index (χ3v) is 3.50. The second-order valence-electron chi connectivity index (χ2n) is 5.32. The molecule has 8 heteroatoms. The first-order chi connectivity index (χ1) is 9.73. The first-order valence-corrected chi connectivity index (χ1v) is 7.02. The Hall–Kier alpha value is -1.31. The fourth-order valence-corrected chi connectivity index (χ4v) is 2.45. The Morgan fingerprint density at radius 3 is 2.29 bits per heavy atom. The highest BCUT2D eigenvalue weighted by Crippen LogP contribution is 2.19. The lowest BCUT2D eigenvalue weighted by Crippen LogP contribution is -2.47. The monoisotopic (exact) mass is 310 g/mol. The third-order valence-electron chi connectivity index (χ3n) is 3.50. The van der Waals surface area contributed by atoms with Crippen LogP contribution in [0, 0.1) is 5.92 Å². The molecule has 5 nitrogen and oxygen atoms in total. The lowest BCUT2D eigenvalue weighted by Gasteiger charge is -2.32. The van der Waals surface area contributed by atoms with Gasteiger partial charge in [-0.05, 0) is 25.8 Å². The van der Waals surface area contributed by atoms with Crippen LogP contribution in [0.1, 0.15) is 26.2 Å². The molecule has 21 heavy (non-hydrogen) atoms. The average Bonchev–Trinajstić information content (AvgIpc) is 2.37. The van der Waals surface area contributed by atoms with E-state index in [4.69, 9.17) is 5.11 Å². The molecular formula is C13H21F3N2O3. The SMILES string of the molecule is CCCN(CC(=O)N1CCC(C(=O)O)CC1)CC(F)(F)F. The highest BCUT2D eigenvalue weighted by Gasteiger charge is 2.33. The van der Waals surface area contributed by atoms with Crippen LogP contribution in [0.25, 0.3) is 0 Å². The van der Waals surface area contributed by atoms with Crippen molar-refractivity contribution < 1.29 is 27.9 Å². The Balaban J connectivity index is 2.49. The molecule has 0 atom stereocenters. The fourth-order valence-electron chi connectivity index (χ4n) is 2.45. The molecular weight excluding hydrogens is 289 g/mol. The van der Waals surface area contributed by atoms with Crippen molar-refractivity contribution in [1.29, 1.82) is 0 Å². The molecule has 0 unspecified atom stereocenters. The molecule has 122 valence electrons. The maximum atomic E-state index is 12.4. The summed E-state index contributed by atoms with van der Waals surface area (Å²) >= 11 is 0. The molecule has 1 rings (SSSR count). The van der Waals surface area contributed by atoms with E-state index in [0.717, 1.165) is 4.90 Å². The van der Waals surface area contributed by atoms with Gasteiger partial charge in [0.2, 0.25) is 5.91 Å². The maximum absolute atomic E-state index is 12.4. The van der Waals surface area contributed by atoms with Crippen LogP contribution < -0.4 is 0 Å². The minimum Gasteiger partial charge on any atom is -0.481 e. The minimum absolute atomic E-state index is 0.205. The number of alkyl halides is 3. The number of hydrogen-bond donors (Lipinski definition) is 1. The van der Waals surface area contributed by atoms with Gasteiger partial charge in [-0.3, -0.25) is 14.5 Å². The Kier molecular flexibility index (Phi) is 6.44. The van der Waals surface area contributed by atoms with E-state index in [1.807, 2.05) is 0 Å². The Morgan fingerprint density at radius 1 is 1.29 bits per heavy atom. The molecule has 0 aliphatic carbocycles.